The monoisotopic (exact) mass is 490 g/mol. The minimum atomic E-state index is -1.39. The van der Waals surface area contributed by atoms with Crippen molar-refractivity contribution in [3.8, 4) is 0 Å². The van der Waals surface area contributed by atoms with Crippen LogP contribution in [0.5, 0.6) is 0 Å². The summed E-state index contributed by atoms with van der Waals surface area (Å²) in [5, 5.41) is 47.4. The van der Waals surface area contributed by atoms with Crippen molar-refractivity contribution in [3.05, 3.63) is 0 Å². The lowest BCUT2D eigenvalue weighted by Gasteiger charge is -2.43. The molecule has 3 saturated heterocycles. The fraction of sp³-hybridized carbons (Fsp3) is 0.957. The number of nitrogens with one attached hydrogen (secondary N) is 2. The highest BCUT2D eigenvalue weighted by molar-refractivity contribution is 7.99. The van der Waals surface area contributed by atoms with Crippen LogP contribution in [0.15, 0.2) is 0 Å². The maximum absolute atomic E-state index is 13.1. The molecule has 192 valence electrons. The maximum atomic E-state index is 13.1. The third kappa shape index (κ3) is 6.41. The molecule has 0 aliphatic carbocycles. The molecule has 0 radical (unpaired) electrons. The van der Waals surface area contributed by atoms with E-state index in [1.54, 1.807) is 13.2 Å². The van der Waals surface area contributed by atoms with Crippen LogP contribution in [0.4, 0.5) is 0 Å². The van der Waals surface area contributed by atoms with Crippen LogP contribution in [-0.2, 0) is 14.3 Å². The van der Waals surface area contributed by atoms with Gasteiger partial charge in [-0.3, -0.25) is 4.79 Å². The number of rotatable bonds is 8. The van der Waals surface area contributed by atoms with Gasteiger partial charge in [-0.2, -0.15) is 0 Å². The van der Waals surface area contributed by atoms with E-state index in [4.69, 9.17) is 9.47 Å². The summed E-state index contributed by atoms with van der Waals surface area (Å²) in [7, 11) is 0. The van der Waals surface area contributed by atoms with Crippen molar-refractivity contribution in [2.24, 2.45) is 23.7 Å². The number of aliphatic hydroxyl groups is 4. The first-order valence-electron chi connectivity index (χ1n) is 12.2. The van der Waals surface area contributed by atoms with Gasteiger partial charge in [0, 0.05) is 25.6 Å². The van der Waals surface area contributed by atoms with Gasteiger partial charge >= 0.3 is 0 Å². The van der Waals surface area contributed by atoms with Gasteiger partial charge in [0.2, 0.25) is 5.91 Å². The molecule has 0 saturated carbocycles. The van der Waals surface area contributed by atoms with Crippen molar-refractivity contribution in [2.75, 3.05) is 26.0 Å². The second kappa shape index (κ2) is 12.0. The van der Waals surface area contributed by atoms with Gasteiger partial charge < -0.3 is 40.5 Å². The molecule has 10 heteroatoms. The Bertz CT molecular complexity index is 638. The zero-order chi connectivity index (χ0) is 24.3. The molecule has 6 N–H and O–H groups in total. The van der Waals surface area contributed by atoms with E-state index in [9.17, 15) is 25.2 Å². The van der Waals surface area contributed by atoms with E-state index >= 15 is 0 Å². The SMILES string of the molecule is CSC1O[C@H](C(CNC(=O)[C@H]2NC[C@@H]3C[C@H](CC(C)C)CCO[C@H]32)[C@@H](C)O)C(O)C(O)[C@H]1O. The lowest BCUT2D eigenvalue weighted by atomic mass is 9.85. The van der Waals surface area contributed by atoms with Crippen molar-refractivity contribution >= 4 is 17.7 Å². The highest BCUT2D eigenvalue weighted by Crippen LogP contribution is 2.34. The molecule has 9 nitrogen and oxygen atoms in total. The normalized spacial score (nSPS) is 41.3. The molecule has 0 aromatic heterocycles. The van der Waals surface area contributed by atoms with Crippen LogP contribution >= 0.6 is 11.8 Å². The third-order valence-electron chi connectivity index (χ3n) is 7.35. The summed E-state index contributed by atoms with van der Waals surface area (Å²) in [4.78, 5) is 13.1. The van der Waals surface area contributed by atoms with Crippen LogP contribution in [-0.4, -0.2) is 100 Å². The number of amides is 1. The molecular formula is C23H42N2O7S. The van der Waals surface area contributed by atoms with E-state index in [0.29, 0.717) is 24.4 Å². The predicted octanol–water partition coefficient (Wildman–Crippen LogP) is -0.300. The molecule has 3 rings (SSSR count). The van der Waals surface area contributed by atoms with Crippen LogP contribution in [0.2, 0.25) is 0 Å². The molecule has 11 atom stereocenters. The molecule has 3 aliphatic heterocycles. The molecule has 4 unspecified atom stereocenters. The van der Waals surface area contributed by atoms with Gasteiger partial charge in [0.25, 0.3) is 0 Å². The lowest BCUT2D eigenvalue weighted by Crippen LogP contribution is -2.61. The Morgan fingerprint density at radius 3 is 2.55 bits per heavy atom. The second-order valence-corrected chi connectivity index (χ2v) is 11.3. The zero-order valence-corrected chi connectivity index (χ0v) is 20.9. The molecule has 0 aromatic carbocycles. The Labute approximate surface area is 201 Å². The molecule has 0 spiro atoms. The Hall–Kier alpha value is -0.460. The fourth-order valence-corrected chi connectivity index (χ4v) is 6.26. The molecule has 0 aromatic rings. The molecule has 0 bridgehead atoms. The predicted molar refractivity (Wildman–Crippen MR) is 126 cm³/mol. The zero-order valence-electron chi connectivity index (χ0n) is 20.1. The molecule has 3 fully saturated rings. The first kappa shape index (κ1) is 27.1. The maximum Gasteiger partial charge on any atom is 0.239 e. The number of fused-ring (bicyclic) bond motifs is 1. The number of carbonyl (C=O) groups excluding carboxylic acids is 1. The number of ether oxygens (including phenoxy) is 2. The molecule has 1 amide bonds. The number of thioether (sulfide) groups is 1. The van der Waals surface area contributed by atoms with Crippen LogP contribution in [0.3, 0.4) is 0 Å². The van der Waals surface area contributed by atoms with Crippen LogP contribution in [0.25, 0.3) is 0 Å². The first-order chi connectivity index (χ1) is 15.6. The summed E-state index contributed by atoms with van der Waals surface area (Å²) >= 11 is 1.22. The van der Waals surface area contributed by atoms with Gasteiger partial charge in [-0.1, -0.05) is 13.8 Å². The summed E-state index contributed by atoms with van der Waals surface area (Å²) in [6.45, 7) is 7.48. The summed E-state index contributed by atoms with van der Waals surface area (Å²) in [5.41, 5.74) is -0.735. The minimum Gasteiger partial charge on any atom is -0.393 e. The number of hydrogen-bond acceptors (Lipinski definition) is 9. The van der Waals surface area contributed by atoms with Gasteiger partial charge in [0.05, 0.1) is 18.3 Å². The largest absolute Gasteiger partial charge is 0.393 e. The van der Waals surface area contributed by atoms with E-state index < -0.39 is 47.9 Å². The molecule has 3 heterocycles. The number of carbonyl (C=O) groups is 1. The molecular weight excluding hydrogens is 448 g/mol. The summed E-state index contributed by atoms with van der Waals surface area (Å²) in [6.07, 6.45) is -1.06. The lowest BCUT2D eigenvalue weighted by molar-refractivity contribution is -0.218. The minimum absolute atomic E-state index is 0.0632. The van der Waals surface area contributed by atoms with Gasteiger partial charge in [0.1, 0.15) is 29.8 Å². The average Bonchev–Trinajstić information content (AvgIpc) is 3.04. The topological polar surface area (TPSA) is 141 Å². The summed E-state index contributed by atoms with van der Waals surface area (Å²) < 4.78 is 11.9. The van der Waals surface area contributed by atoms with Gasteiger partial charge in [-0.05, 0) is 50.2 Å². The van der Waals surface area contributed by atoms with Gasteiger partial charge in [-0.25, -0.2) is 0 Å². The standard InChI is InChI=1S/C23H42N2O7S/c1-11(2)7-13-5-6-31-20-14(8-13)9-24-16(20)22(30)25-10-15(12(3)26)21-18(28)17(27)19(29)23(32-21)33-4/h11-21,23-24,26-29H,5-10H2,1-4H3,(H,25,30)/t12-,13+,14+,15?,16+,17?,18?,19-,20-,21-,23?/m1/s1. The van der Waals surface area contributed by atoms with Crippen LogP contribution in [0, 0.1) is 23.7 Å². The Morgan fingerprint density at radius 1 is 1.18 bits per heavy atom. The fourth-order valence-electron chi connectivity index (χ4n) is 5.58. The van der Waals surface area contributed by atoms with E-state index in [1.165, 1.54) is 18.2 Å². The van der Waals surface area contributed by atoms with Crippen molar-refractivity contribution in [1.29, 1.82) is 0 Å². The Balaban J connectivity index is 1.60. The van der Waals surface area contributed by atoms with Crippen molar-refractivity contribution < 1.29 is 34.7 Å². The van der Waals surface area contributed by atoms with Gasteiger partial charge in [0.15, 0.2) is 0 Å². The summed E-state index contributed by atoms with van der Waals surface area (Å²) in [5.74, 6) is 0.674. The number of hydrogen-bond donors (Lipinski definition) is 6. The van der Waals surface area contributed by atoms with Gasteiger partial charge in [-0.15, -0.1) is 11.8 Å². The highest BCUT2D eigenvalue weighted by atomic mass is 32.2. The van der Waals surface area contributed by atoms with Crippen molar-refractivity contribution in [3.63, 3.8) is 0 Å². The molecule has 3 aliphatic rings. The van der Waals surface area contributed by atoms with Crippen LogP contribution < -0.4 is 10.6 Å². The first-order valence-corrected chi connectivity index (χ1v) is 13.5. The van der Waals surface area contributed by atoms with E-state index in [2.05, 4.69) is 24.5 Å². The van der Waals surface area contributed by atoms with Crippen molar-refractivity contribution in [2.45, 2.75) is 88.1 Å². The smallest absolute Gasteiger partial charge is 0.239 e. The van der Waals surface area contributed by atoms with E-state index in [1.807, 2.05) is 0 Å². The number of aliphatic hydroxyl groups excluding tert-OH is 4. The summed E-state index contributed by atoms with van der Waals surface area (Å²) in [6, 6.07) is -0.467. The van der Waals surface area contributed by atoms with Crippen LogP contribution in [0.1, 0.15) is 40.0 Å². The average molecular weight is 491 g/mol. The second-order valence-electron chi connectivity index (χ2n) is 10.3. The Morgan fingerprint density at radius 2 is 1.91 bits per heavy atom. The highest BCUT2D eigenvalue weighted by Gasteiger charge is 2.48. The molecule has 33 heavy (non-hydrogen) atoms. The quantitative estimate of drug-likeness (QED) is 0.270. The third-order valence-corrected chi connectivity index (χ3v) is 8.20. The Kier molecular flexibility index (Phi) is 9.86. The van der Waals surface area contributed by atoms with E-state index in [-0.39, 0.29) is 18.6 Å². The van der Waals surface area contributed by atoms with E-state index in [0.717, 1.165) is 19.4 Å². The van der Waals surface area contributed by atoms with Crippen molar-refractivity contribution in [1.82, 2.24) is 10.6 Å².